The van der Waals surface area contributed by atoms with Crippen molar-refractivity contribution in [1.29, 1.82) is 0 Å². The fourth-order valence-electron chi connectivity index (χ4n) is 2.00. The molecule has 0 fully saturated rings. The van der Waals surface area contributed by atoms with Gasteiger partial charge in [0, 0.05) is 18.6 Å². The maximum Gasteiger partial charge on any atom is 0.341 e. The molecule has 102 valence electrons. The molecule has 0 bridgehead atoms. The first-order valence-electron chi connectivity index (χ1n) is 6.38. The van der Waals surface area contributed by atoms with E-state index in [0.717, 1.165) is 11.3 Å². The van der Waals surface area contributed by atoms with Crippen molar-refractivity contribution >= 4 is 11.6 Å². The highest BCUT2D eigenvalue weighted by Crippen LogP contribution is 2.07. The van der Waals surface area contributed by atoms with E-state index in [0.29, 0.717) is 18.7 Å². The molecule has 0 aliphatic rings. The highest BCUT2D eigenvalue weighted by Gasteiger charge is 2.10. The molecule has 20 heavy (non-hydrogen) atoms. The largest absolute Gasteiger partial charge is 0.462 e. The molecule has 0 saturated heterocycles. The zero-order valence-corrected chi connectivity index (χ0v) is 11.1. The van der Waals surface area contributed by atoms with Gasteiger partial charge in [0.1, 0.15) is 5.65 Å². The van der Waals surface area contributed by atoms with Gasteiger partial charge < -0.3 is 9.14 Å². The topological polar surface area (TPSA) is 61.4 Å². The van der Waals surface area contributed by atoms with E-state index in [1.165, 1.54) is 6.20 Å². The van der Waals surface area contributed by atoms with Crippen LogP contribution in [0.5, 0.6) is 0 Å². The second-order valence-electron chi connectivity index (χ2n) is 4.35. The maximum absolute atomic E-state index is 11.6. The highest BCUT2D eigenvalue weighted by molar-refractivity contribution is 5.88. The van der Waals surface area contributed by atoms with Crippen LogP contribution in [-0.2, 0) is 11.3 Å². The summed E-state index contributed by atoms with van der Waals surface area (Å²) in [6.45, 7) is 2.65. The van der Waals surface area contributed by atoms with E-state index < -0.39 is 0 Å². The van der Waals surface area contributed by atoms with Crippen LogP contribution in [0.4, 0.5) is 0 Å². The number of hydrogen-bond acceptors (Lipinski definition) is 4. The van der Waals surface area contributed by atoms with Crippen molar-refractivity contribution < 1.29 is 9.53 Å². The lowest BCUT2D eigenvalue weighted by Gasteiger charge is -1.97. The van der Waals surface area contributed by atoms with Crippen LogP contribution in [0, 0.1) is 0 Å². The molecule has 0 aromatic carbocycles. The molecule has 0 unspecified atom stereocenters. The lowest BCUT2D eigenvalue weighted by atomic mass is 10.4. The number of rotatable bonds is 4. The number of carbonyl (C=O) groups is 1. The van der Waals surface area contributed by atoms with Gasteiger partial charge in [-0.1, -0.05) is 6.07 Å². The second kappa shape index (κ2) is 5.16. The quantitative estimate of drug-likeness (QED) is 0.678. The molecule has 3 aromatic heterocycles. The van der Waals surface area contributed by atoms with Gasteiger partial charge in [0.25, 0.3) is 0 Å². The average Bonchev–Trinajstić information content (AvgIpc) is 3.05. The van der Waals surface area contributed by atoms with Crippen molar-refractivity contribution in [1.82, 2.24) is 19.2 Å². The lowest BCUT2D eigenvalue weighted by Crippen LogP contribution is -2.04. The summed E-state index contributed by atoms with van der Waals surface area (Å²) in [5.41, 5.74) is 2.23. The molecular weight excluding hydrogens is 256 g/mol. The lowest BCUT2D eigenvalue weighted by molar-refractivity contribution is 0.0526. The van der Waals surface area contributed by atoms with E-state index in [4.69, 9.17) is 4.74 Å². The molecule has 0 aliphatic heterocycles. The summed E-state index contributed by atoms with van der Waals surface area (Å²) in [6.07, 6.45) is 7.07. The van der Waals surface area contributed by atoms with Crippen LogP contribution >= 0.6 is 0 Å². The van der Waals surface area contributed by atoms with Gasteiger partial charge in [0.15, 0.2) is 0 Å². The van der Waals surface area contributed by atoms with Crippen LogP contribution in [0.25, 0.3) is 5.65 Å². The standard InChI is InChI=1S/C14H14N4O2/c1-2-20-14(19)11-7-15-18(8-11)10-12-9-17-6-4-3-5-13(17)16-12/h3-9H,2,10H2,1H3. The molecule has 6 heteroatoms. The summed E-state index contributed by atoms with van der Waals surface area (Å²) >= 11 is 0. The first-order chi connectivity index (χ1) is 9.76. The predicted octanol–water partition coefficient (Wildman–Crippen LogP) is 1.76. The van der Waals surface area contributed by atoms with E-state index >= 15 is 0 Å². The Bertz CT molecular complexity index is 711. The van der Waals surface area contributed by atoms with Crippen LogP contribution in [0.3, 0.4) is 0 Å². The van der Waals surface area contributed by atoms with Gasteiger partial charge in [-0.05, 0) is 19.1 Å². The molecule has 6 nitrogen and oxygen atoms in total. The van der Waals surface area contributed by atoms with Gasteiger partial charge in [-0.3, -0.25) is 4.68 Å². The minimum absolute atomic E-state index is 0.353. The first-order valence-corrected chi connectivity index (χ1v) is 6.38. The fraction of sp³-hybridized carbons (Fsp3) is 0.214. The number of fused-ring (bicyclic) bond motifs is 1. The van der Waals surface area contributed by atoms with Crippen molar-refractivity contribution in [2.24, 2.45) is 0 Å². The molecule has 0 aliphatic carbocycles. The van der Waals surface area contributed by atoms with E-state index in [1.54, 1.807) is 17.8 Å². The molecular formula is C14H14N4O2. The number of imidazole rings is 1. The van der Waals surface area contributed by atoms with E-state index in [-0.39, 0.29) is 5.97 Å². The Labute approximate surface area is 115 Å². The van der Waals surface area contributed by atoms with E-state index in [1.807, 2.05) is 35.0 Å². The number of nitrogens with zero attached hydrogens (tertiary/aromatic N) is 4. The van der Waals surface area contributed by atoms with Crippen molar-refractivity contribution in [2.45, 2.75) is 13.5 Å². The number of carbonyl (C=O) groups excluding carboxylic acids is 1. The van der Waals surface area contributed by atoms with Crippen molar-refractivity contribution in [3.63, 3.8) is 0 Å². The number of pyridine rings is 1. The summed E-state index contributed by atoms with van der Waals surface area (Å²) in [5, 5.41) is 4.15. The van der Waals surface area contributed by atoms with E-state index in [2.05, 4.69) is 10.1 Å². The van der Waals surface area contributed by atoms with Crippen LogP contribution in [0.1, 0.15) is 23.0 Å². The zero-order chi connectivity index (χ0) is 13.9. The Morgan fingerprint density at radius 1 is 1.35 bits per heavy atom. The Morgan fingerprint density at radius 2 is 2.25 bits per heavy atom. The molecule has 3 rings (SSSR count). The monoisotopic (exact) mass is 270 g/mol. The highest BCUT2D eigenvalue weighted by atomic mass is 16.5. The van der Waals surface area contributed by atoms with Crippen molar-refractivity contribution in [2.75, 3.05) is 6.61 Å². The zero-order valence-electron chi connectivity index (χ0n) is 11.1. The third kappa shape index (κ3) is 2.40. The van der Waals surface area contributed by atoms with Gasteiger partial charge in [-0.15, -0.1) is 0 Å². The van der Waals surface area contributed by atoms with E-state index in [9.17, 15) is 4.79 Å². The van der Waals surface area contributed by atoms with Gasteiger partial charge in [-0.2, -0.15) is 5.10 Å². The molecule has 0 saturated carbocycles. The summed E-state index contributed by atoms with van der Waals surface area (Å²) in [6, 6.07) is 5.83. The molecule has 3 heterocycles. The first kappa shape index (κ1) is 12.4. The molecule has 0 radical (unpaired) electrons. The van der Waals surface area contributed by atoms with Gasteiger partial charge >= 0.3 is 5.97 Å². The summed E-state index contributed by atoms with van der Waals surface area (Å²) in [4.78, 5) is 16.0. The SMILES string of the molecule is CCOC(=O)c1cnn(Cc2cn3ccccc3n2)c1. The summed E-state index contributed by atoms with van der Waals surface area (Å²) in [5.74, 6) is -0.353. The summed E-state index contributed by atoms with van der Waals surface area (Å²) in [7, 11) is 0. The molecule has 0 N–H and O–H groups in total. The number of hydrogen-bond donors (Lipinski definition) is 0. The van der Waals surface area contributed by atoms with Crippen molar-refractivity contribution in [3.05, 3.63) is 54.2 Å². The van der Waals surface area contributed by atoms with Gasteiger partial charge in [0.05, 0.1) is 30.6 Å². The molecule has 0 amide bonds. The number of ether oxygens (including phenoxy) is 1. The Hall–Kier alpha value is -2.63. The third-order valence-electron chi connectivity index (χ3n) is 2.88. The minimum atomic E-state index is -0.353. The smallest absolute Gasteiger partial charge is 0.341 e. The van der Waals surface area contributed by atoms with Gasteiger partial charge in [0.2, 0.25) is 0 Å². The molecule has 0 spiro atoms. The Balaban J connectivity index is 1.79. The number of aromatic nitrogens is 4. The summed E-state index contributed by atoms with van der Waals surface area (Å²) < 4.78 is 8.55. The van der Waals surface area contributed by atoms with Gasteiger partial charge in [-0.25, -0.2) is 9.78 Å². The van der Waals surface area contributed by atoms with Crippen molar-refractivity contribution in [3.8, 4) is 0 Å². The molecule has 0 atom stereocenters. The number of esters is 1. The molecule has 3 aromatic rings. The predicted molar refractivity (Wildman–Crippen MR) is 72.5 cm³/mol. The van der Waals surface area contributed by atoms with Crippen LogP contribution < -0.4 is 0 Å². The fourth-order valence-corrected chi connectivity index (χ4v) is 2.00. The normalized spacial score (nSPS) is 10.8. The third-order valence-corrected chi connectivity index (χ3v) is 2.88. The second-order valence-corrected chi connectivity index (χ2v) is 4.35. The Kier molecular flexibility index (Phi) is 3.20. The minimum Gasteiger partial charge on any atom is -0.462 e. The maximum atomic E-state index is 11.6. The van der Waals surface area contributed by atoms with Crippen LogP contribution in [0.15, 0.2) is 43.0 Å². The Morgan fingerprint density at radius 3 is 3.05 bits per heavy atom. The van der Waals surface area contributed by atoms with Crippen LogP contribution in [0.2, 0.25) is 0 Å². The average molecular weight is 270 g/mol. The van der Waals surface area contributed by atoms with Crippen LogP contribution in [-0.4, -0.2) is 31.7 Å².